The van der Waals surface area contributed by atoms with Gasteiger partial charge in [0.25, 0.3) is 5.91 Å². The molecule has 19 nitrogen and oxygen atoms in total. The zero-order chi connectivity index (χ0) is 57.8. The summed E-state index contributed by atoms with van der Waals surface area (Å²) in [4.78, 5) is 83.0. The lowest BCUT2D eigenvalue weighted by Gasteiger charge is -2.38. The lowest BCUT2D eigenvalue weighted by atomic mass is 9.83. The fraction of sp³-hybridized carbons (Fsp3) is 0.565. The van der Waals surface area contributed by atoms with Gasteiger partial charge in [-0.05, 0) is 112 Å². The van der Waals surface area contributed by atoms with E-state index in [4.69, 9.17) is 21.1 Å². The molecule has 5 amide bonds. The summed E-state index contributed by atoms with van der Waals surface area (Å²) >= 11 is 6.23. The number of nitrogens with zero attached hydrogens (tertiary/aromatic N) is 5. The first-order chi connectivity index (χ1) is 39.9. The molecule has 8 rings (SSSR count). The molecule has 1 aromatic heterocycles. The van der Waals surface area contributed by atoms with Crippen LogP contribution in [-0.2, 0) is 25.7 Å². The average Bonchev–Trinajstić information content (AvgIpc) is 3.97. The first kappa shape index (κ1) is 61.7. The molecule has 4 aromatic rings. The van der Waals surface area contributed by atoms with E-state index in [-0.39, 0.29) is 60.4 Å². The Morgan fingerprint density at radius 1 is 0.793 bits per heavy atom. The summed E-state index contributed by atoms with van der Waals surface area (Å²) < 4.78 is 11.2. The number of nitrogens with one attached hydrogen (secondary N) is 6. The SMILES string of the molecule is CCOc1cc(OC)ccc1CNCC(=O)N1CCCC(c2cccc(C(=O)N[C@@H](C(=O)NCCCCCNCC(=O)NCCNC[C@@H](C(=O)N3CCN(c4ncnc5c4[C@H](C)C[C@H]5O)CC3)c3ccc(Cl)cc3)C3CCCCC3)c2)C1. The van der Waals surface area contributed by atoms with E-state index in [1.165, 1.54) is 6.33 Å². The maximum atomic E-state index is 14.1. The Labute approximate surface area is 488 Å². The normalized spacial score (nSPS) is 19.0. The van der Waals surface area contributed by atoms with Crippen LogP contribution in [0.4, 0.5) is 5.82 Å². The van der Waals surface area contributed by atoms with Gasteiger partial charge in [-0.2, -0.15) is 0 Å². The summed E-state index contributed by atoms with van der Waals surface area (Å²) in [6.07, 6.45) is 10.7. The molecule has 0 radical (unpaired) electrons. The summed E-state index contributed by atoms with van der Waals surface area (Å²) in [6.45, 7) is 11.4. The van der Waals surface area contributed by atoms with Gasteiger partial charge in [-0.1, -0.05) is 74.5 Å². The van der Waals surface area contributed by atoms with Gasteiger partial charge < -0.3 is 61.2 Å². The van der Waals surface area contributed by atoms with Crippen LogP contribution in [0.1, 0.15) is 147 Å². The highest BCUT2D eigenvalue weighted by atomic mass is 35.5. The Balaban J connectivity index is 0.710. The molecule has 3 aromatic carbocycles. The van der Waals surface area contributed by atoms with Crippen LogP contribution in [-0.4, -0.2) is 159 Å². The number of hydrogen-bond donors (Lipinski definition) is 7. The largest absolute Gasteiger partial charge is 0.497 e. The zero-order valence-electron chi connectivity index (χ0n) is 48.2. The number of unbranched alkanes of at least 4 members (excludes halogenated alkanes) is 2. The van der Waals surface area contributed by atoms with Crippen LogP contribution in [0.2, 0.25) is 5.02 Å². The van der Waals surface area contributed by atoms with E-state index >= 15 is 0 Å². The highest BCUT2D eigenvalue weighted by Crippen LogP contribution is 2.43. The molecule has 444 valence electrons. The third-order valence-electron chi connectivity index (χ3n) is 16.6. The van der Waals surface area contributed by atoms with Crippen molar-refractivity contribution in [3.05, 3.63) is 112 Å². The number of aliphatic hydroxyl groups excluding tert-OH is 1. The van der Waals surface area contributed by atoms with Crippen LogP contribution in [0.3, 0.4) is 0 Å². The Kier molecular flexibility index (Phi) is 23.6. The Bertz CT molecular complexity index is 2740. The average molecular weight is 1150 g/mol. The number of rotatable bonds is 28. The number of carbonyl (C=O) groups is 5. The van der Waals surface area contributed by atoms with Crippen molar-refractivity contribution in [2.45, 2.75) is 121 Å². The van der Waals surface area contributed by atoms with Gasteiger partial charge in [0.1, 0.15) is 29.7 Å². The molecule has 20 heteroatoms. The number of aromatic nitrogens is 2. The summed E-state index contributed by atoms with van der Waals surface area (Å²) in [5, 5.41) is 30.2. The van der Waals surface area contributed by atoms with Gasteiger partial charge in [-0.15, -0.1) is 0 Å². The van der Waals surface area contributed by atoms with Crippen LogP contribution in [0.5, 0.6) is 11.5 Å². The van der Waals surface area contributed by atoms with Gasteiger partial charge in [0.15, 0.2) is 0 Å². The summed E-state index contributed by atoms with van der Waals surface area (Å²) in [5.41, 5.74) is 5.05. The standard InChI is InChI=1S/C62H86ClN11O8/c1-4-82-53-35-50(81-3)23-20-47(53)36-66-39-55(77)74-28-12-17-48(40-74)45-15-11-16-46(34-45)60(78)71-57(44-13-7-5-8-14-44)61(79)68-25-10-6-9-24-64-38-54(76)67-27-26-65-37-51(43-18-21-49(63)22-19-43)62(80)73-31-29-72(30-32-73)59-56-42(2)33-52(75)58(56)69-41-70-59/h11,15-16,18-23,34-35,41-42,44,48,51-52,57,64-66,75H,4-10,12-14,17,24-33,36-40H2,1-3H3,(H,67,76)(H,68,79)(H,71,78)/t42-,48?,51-,52-,57-/m1/s1. The predicted octanol–water partition coefficient (Wildman–Crippen LogP) is 5.97. The van der Waals surface area contributed by atoms with Gasteiger partial charge in [0.05, 0.1) is 44.5 Å². The topological polar surface area (TPSA) is 232 Å². The molecular weight excluding hydrogens is 1060 g/mol. The predicted molar refractivity (Wildman–Crippen MR) is 317 cm³/mol. The van der Waals surface area contributed by atoms with E-state index in [0.29, 0.717) is 114 Å². The van der Waals surface area contributed by atoms with Crippen LogP contribution in [0.25, 0.3) is 0 Å². The van der Waals surface area contributed by atoms with Gasteiger partial charge in [0, 0.05) is 106 Å². The number of hydrogen-bond acceptors (Lipinski definition) is 14. The van der Waals surface area contributed by atoms with Crippen LogP contribution < -0.4 is 46.3 Å². The molecular formula is C62H86ClN11O8. The van der Waals surface area contributed by atoms with E-state index < -0.39 is 18.1 Å². The molecule has 82 heavy (non-hydrogen) atoms. The van der Waals surface area contributed by atoms with Crippen molar-refractivity contribution in [3.8, 4) is 11.5 Å². The number of aliphatic hydroxyl groups is 1. The maximum absolute atomic E-state index is 14.1. The number of benzene rings is 3. The van der Waals surface area contributed by atoms with E-state index in [9.17, 15) is 29.1 Å². The number of piperazine rings is 1. The second-order valence-electron chi connectivity index (χ2n) is 22.3. The highest BCUT2D eigenvalue weighted by molar-refractivity contribution is 6.30. The molecule has 3 fully saturated rings. The lowest BCUT2D eigenvalue weighted by molar-refractivity contribution is -0.133. The smallest absolute Gasteiger partial charge is 0.251 e. The minimum Gasteiger partial charge on any atom is -0.497 e. The van der Waals surface area contributed by atoms with Gasteiger partial charge in [0.2, 0.25) is 23.6 Å². The fourth-order valence-electron chi connectivity index (χ4n) is 12.0. The quantitative estimate of drug-likeness (QED) is 0.0325. The number of halogens is 1. The number of carbonyl (C=O) groups excluding carboxylic acids is 5. The van der Waals surface area contributed by atoms with Crippen molar-refractivity contribution in [1.29, 1.82) is 0 Å². The Morgan fingerprint density at radius 3 is 2.37 bits per heavy atom. The molecule has 1 unspecified atom stereocenters. The van der Waals surface area contributed by atoms with Crippen molar-refractivity contribution in [1.82, 2.24) is 51.7 Å². The van der Waals surface area contributed by atoms with Crippen LogP contribution >= 0.6 is 11.6 Å². The third-order valence-corrected chi connectivity index (χ3v) is 16.8. The molecule has 2 aliphatic carbocycles. The molecule has 2 saturated heterocycles. The number of methoxy groups -OCH3 is 1. The number of amides is 5. The van der Waals surface area contributed by atoms with Crippen molar-refractivity contribution in [2.24, 2.45) is 5.92 Å². The van der Waals surface area contributed by atoms with Crippen LogP contribution in [0.15, 0.2) is 73.1 Å². The molecule has 2 aliphatic heterocycles. The fourth-order valence-corrected chi connectivity index (χ4v) is 12.2. The number of piperidine rings is 1. The molecule has 5 atom stereocenters. The minimum atomic E-state index is -0.636. The van der Waals surface area contributed by atoms with Gasteiger partial charge >= 0.3 is 0 Å². The van der Waals surface area contributed by atoms with E-state index in [1.54, 1.807) is 25.3 Å². The molecule has 4 aliphatic rings. The van der Waals surface area contributed by atoms with Crippen LogP contribution in [0, 0.1) is 5.92 Å². The summed E-state index contributed by atoms with van der Waals surface area (Å²) in [6, 6.07) is 20.1. The summed E-state index contributed by atoms with van der Waals surface area (Å²) in [5.74, 6) is 1.67. The van der Waals surface area contributed by atoms with Crippen molar-refractivity contribution in [3.63, 3.8) is 0 Å². The maximum Gasteiger partial charge on any atom is 0.251 e. The Hall–Kier alpha value is -6.38. The second kappa shape index (κ2) is 31.3. The second-order valence-corrected chi connectivity index (χ2v) is 22.7. The van der Waals surface area contributed by atoms with Crippen molar-refractivity contribution >= 4 is 47.0 Å². The Morgan fingerprint density at radius 2 is 1.59 bits per heavy atom. The van der Waals surface area contributed by atoms with E-state index in [1.807, 2.05) is 65.3 Å². The molecule has 7 N–H and O–H groups in total. The lowest BCUT2D eigenvalue weighted by Crippen LogP contribution is -2.51. The van der Waals surface area contributed by atoms with E-state index in [2.05, 4.69) is 53.7 Å². The van der Waals surface area contributed by atoms with Crippen molar-refractivity contribution in [2.75, 3.05) is 104 Å². The molecule has 0 bridgehead atoms. The zero-order valence-corrected chi connectivity index (χ0v) is 49.0. The first-order valence-electron chi connectivity index (χ1n) is 29.9. The van der Waals surface area contributed by atoms with Crippen molar-refractivity contribution < 1.29 is 38.6 Å². The third kappa shape index (κ3) is 17.1. The molecule has 3 heterocycles. The van der Waals surface area contributed by atoms with Gasteiger partial charge in [-0.25, -0.2) is 9.97 Å². The number of anilines is 1. The summed E-state index contributed by atoms with van der Waals surface area (Å²) in [7, 11) is 1.62. The molecule has 1 saturated carbocycles. The van der Waals surface area contributed by atoms with Gasteiger partial charge in [-0.3, -0.25) is 24.0 Å². The number of fused-ring (bicyclic) bond motifs is 1. The number of likely N-dealkylation sites (tertiary alicyclic amines) is 1. The molecule has 0 spiro atoms. The minimum absolute atomic E-state index is 0.0248. The highest BCUT2D eigenvalue weighted by Gasteiger charge is 2.36. The first-order valence-corrected chi connectivity index (χ1v) is 30.2. The van der Waals surface area contributed by atoms with E-state index in [0.717, 1.165) is 98.0 Å². The monoisotopic (exact) mass is 1150 g/mol. The number of ether oxygens (including phenoxy) is 2.